The molecule has 2 aliphatic heterocycles. The molecule has 0 bridgehead atoms. The number of urea groups is 1. The predicted octanol–water partition coefficient (Wildman–Crippen LogP) is -1.09. The Labute approximate surface area is 122 Å². The van der Waals surface area contributed by atoms with E-state index in [4.69, 9.17) is 5.73 Å². The first-order valence-corrected chi connectivity index (χ1v) is 6.77. The van der Waals surface area contributed by atoms with Crippen LogP contribution in [0.4, 0.5) is 4.79 Å². The Kier molecular flexibility index (Phi) is 4.37. The van der Waals surface area contributed by atoms with Crippen LogP contribution in [-0.2, 0) is 14.4 Å². The van der Waals surface area contributed by atoms with E-state index in [9.17, 15) is 19.2 Å². The van der Waals surface area contributed by atoms with Crippen LogP contribution in [-0.4, -0.2) is 70.7 Å². The Morgan fingerprint density at radius 1 is 1.29 bits per heavy atom. The summed E-state index contributed by atoms with van der Waals surface area (Å²) < 4.78 is 0. The summed E-state index contributed by atoms with van der Waals surface area (Å²) in [6, 6.07) is -0.869. The Morgan fingerprint density at radius 3 is 2.57 bits per heavy atom. The molecular weight excluding hydrogens is 276 g/mol. The van der Waals surface area contributed by atoms with Gasteiger partial charge in [-0.1, -0.05) is 6.08 Å². The number of nitrogens with zero attached hydrogens (tertiary/aromatic N) is 3. The minimum Gasteiger partial charge on any atom is -0.340 e. The highest BCUT2D eigenvalue weighted by Crippen LogP contribution is 2.14. The lowest BCUT2D eigenvalue weighted by atomic mass is 10.1. The molecule has 2 aliphatic rings. The van der Waals surface area contributed by atoms with Crippen molar-refractivity contribution in [3.8, 4) is 0 Å². The van der Waals surface area contributed by atoms with E-state index in [1.165, 1.54) is 11.0 Å². The zero-order chi connectivity index (χ0) is 15.6. The summed E-state index contributed by atoms with van der Waals surface area (Å²) in [6.45, 7) is 3.89. The normalized spacial score (nSPS) is 23.0. The number of nitrogens with two attached hydrogens (primary N) is 1. The summed E-state index contributed by atoms with van der Waals surface area (Å²) in [7, 11) is 0. The van der Waals surface area contributed by atoms with E-state index in [1.807, 2.05) is 0 Å². The van der Waals surface area contributed by atoms with Crippen molar-refractivity contribution in [3.05, 3.63) is 12.7 Å². The summed E-state index contributed by atoms with van der Waals surface area (Å²) in [5.74, 6) is -2.28. The van der Waals surface area contributed by atoms with Gasteiger partial charge in [-0.2, -0.15) is 0 Å². The van der Waals surface area contributed by atoms with E-state index < -0.39 is 24.4 Å². The van der Waals surface area contributed by atoms with Crippen molar-refractivity contribution in [1.29, 1.82) is 0 Å². The van der Waals surface area contributed by atoms with Crippen molar-refractivity contribution in [2.75, 3.05) is 26.2 Å². The van der Waals surface area contributed by atoms with Crippen LogP contribution in [0.15, 0.2) is 12.7 Å². The monoisotopic (exact) mass is 294 g/mol. The van der Waals surface area contributed by atoms with E-state index in [0.717, 1.165) is 17.7 Å². The first kappa shape index (κ1) is 15.2. The van der Waals surface area contributed by atoms with Gasteiger partial charge in [0.05, 0.1) is 0 Å². The number of amides is 5. The maximum Gasteiger partial charge on any atom is 0.335 e. The fourth-order valence-electron chi connectivity index (χ4n) is 2.45. The largest absolute Gasteiger partial charge is 0.340 e. The number of hydrogen-bond donors (Lipinski definition) is 1. The van der Waals surface area contributed by atoms with Crippen molar-refractivity contribution in [3.63, 3.8) is 0 Å². The summed E-state index contributed by atoms with van der Waals surface area (Å²) in [6.07, 6.45) is 2.98. The average Bonchev–Trinajstić information content (AvgIpc) is 2.65. The van der Waals surface area contributed by atoms with Crippen LogP contribution in [0.5, 0.6) is 0 Å². The fourth-order valence-corrected chi connectivity index (χ4v) is 2.45. The van der Waals surface area contributed by atoms with Crippen molar-refractivity contribution in [2.45, 2.75) is 18.9 Å². The first-order valence-electron chi connectivity index (χ1n) is 6.77. The molecule has 0 radical (unpaired) electrons. The molecular formula is C13H18N4O4. The van der Waals surface area contributed by atoms with Gasteiger partial charge in [-0.3, -0.25) is 19.3 Å². The summed E-state index contributed by atoms with van der Waals surface area (Å²) in [5.41, 5.74) is 5.79. The van der Waals surface area contributed by atoms with Crippen molar-refractivity contribution < 1.29 is 19.2 Å². The Balaban J connectivity index is 2.03. The molecule has 0 saturated carbocycles. The van der Waals surface area contributed by atoms with Gasteiger partial charge >= 0.3 is 17.8 Å². The van der Waals surface area contributed by atoms with Crippen LogP contribution in [0, 0.1) is 0 Å². The van der Waals surface area contributed by atoms with Gasteiger partial charge in [-0.15, -0.1) is 6.58 Å². The molecule has 0 aromatic rings. The Morgan fingerprint density at radius 2 is 1.95 bits per heavy atom. The lowest BCUT2D eigenvalue weighted by molar-refractivity contribution is -0.145. The zero-order valence-electron chi connectivity index (χ0n) is 11.7. The van der Waals surface area contributed by atoms with Gasteiger partial charge in [-0.05, 0) is 12.8 Å². The van der Waals surface area contributed by atoms with Crippen molar-refractivity contribution >= 4 is 23.8 Å². The molecule has 114 valence electrons. The molecule has 8 nitrogen and oxygen atoms in total. The topological polar surface area (TPSA) is 104 Å². The Bertz CT molecular complexity index is 504. The van der Waals surface area contributed by atoms with Crippen LogP contribution >= 0.6 is 0 Å². The second-order valence-electron chi connectivity index (χ2n) is 5.12. The second-order valence-corrected chi connectivity index (χ2v) is 5.12. The fraction of sp³-hybridized carbons (Fsp3) is 0.538. The van der Waals surface area contributed by atoms with E-state index in [-0.39, 0.29) is 18.5 Å². The number of imide groups is 2. The van der Waals surface area contributed by atoms with Crippen LogP contribution in [0.1, 0.15) is 12.8 Å². The van der Waals surface area contributed by atoms with E-state index in [2.05, 4.69) is 6.58 Å². The van der Waals surface area contributed by atoms with Gasteiger partial charge in [0.25, 0.3) is 0 Å². The minimum atomic E-state index is -0.975. The molecule has 21 heavy (non-hydrogen) atoms. The molecule has 5 amide bonds. The summed E-state index contributed by atoms with van der Waals surface area (Å²) >= 11 is 0. The summed E-state index contributed by atoms with van der Waals surface area (Å²) in [4.78, 5) is 50.5. The smallest absolute Gasteiger partial charge is 0.335 e. The number of piperidine rings is 1. The number of hydrogen-bond acceptors (Lipinski definition) is 5. The van der Waals surface area contributed by atoms with Crippen LogP contribution < -0.4 is 5.73 Å². The highest BCUT2D eigenvalue weighted by molar-refractivity contribution is 6.45. The molecule has 0 aromatic heterocycles. The molecule has 2 N–H and O–H groups in total. The van der Waals surface area contributed by atoms with Crippen LogP contribution in [0.25, 0.3) is 0 Å². The maximum absolute atomic E-state index is 12.1. The standard InChI is InChI=1S/C13H18N4O4/c1-2-5-16-11(19)12(20)17(13(16)21)8-10(18)15-6-3-4-9(14)7-15/h2,9H,1,3-8,14H2. The molecule has 1 atom stereocenters. The van der Waals surface area contributed by atoms with E-state index >= 15 is 0 Å². The maximum atomic E-state index is 12.1. The quantitative estimate of drug-likeness (QED) is 0.403. The molecule has 8 heteroatoms. The van der Waals surface area contributed by atoms with Crippen LogP contribution in [0.2, 0.25) is 0 Å². The van der Waals surface area contributed by atoms with Crippen LogP contribution in [0.3, 0.4) is 0 Å². The third-order valence-corrected chi connectivity index (χ3v) is 3.55. The zero-order valence-corrected chi connectivity index (χ0v) is 11.7. The van der Waals surface area contributed by atoms with Crippen molar-refractivity contribution in [2.24, 2.45) is 5.73 Å². The lowest BCUT2D eigenvalue weighted by Gasteiger charge is -2.31. The summed E-state index contributed by atoms with van der Waals surface area (Å²) in [5, 5.41) is 0. The number of carbonyl (C=O) groups excluding carboxylic acids is 4. The average molecular weight is 294 g/mol. The molecule has 2 fully saturated rings. The highest BCUT2D eigenvalue weighted by atomic mass is 16.2. The molecule has 0 spiro atoms. The number of carbonyl (C=O) groups is 4. The molecule has 2 rings (SSSR count). The van der Waals surface area contributed by atoms with Gasteiger partial charge in [-0.25, -0.2) is 9.69 Å². The van der Waals surface area contributed by atoms with Gasteiger partial charge in [0.2, 0.25) is 5.91 Å². The molecule has 0 aromatic carbocycles. The predicted molar refractivity (Wildman–Crippen MR) is 72.8 cm³/mol. The molecule has 1 unspecified atom stereocenters. The first-order chi connectivity index (χ1) is 9.95. The molecule has 2 heterocycles. The Hall–Kier alpha value is -2.22. The van der Waals surface area contributed by atoms with E-state index in [1.54, 1.807) is 0 Å². The molecule has 2 saturated heterocycles. The highest BCUT2D eigenvalue weighted by Gasteiger charge is 2.45. The van der Waals surface area contributed by atoms with Gasteiger partial charge < -0.3 is 10.6 Å². The number of likely N-dealkylation sites (tertiary alicyclic amines) is 1. The number of rotatable bonds is 4. The van der Waals surface area contributed by atoms with Gasteiger partial charge in [0.15, 0.2) is 0 Å². The minimum absolute atomic E-state index is 0.0529. The third-order valence-electron chi connectivity index (χ3n) is 3.55. The SMILES string of the molecule is C=CCN1C(=O)C(=O)N(CC(=O)N2CCCC(N)C2)C1=O. The third kappa shape index (κ3) is 2.94. The van der Waals surface area contributed by atoms with Crippen molar-refractivity contribution in [1.82, 2.24) is 14.7 Å². The van der Waals surface area contributed by atoms with Gasteiger partial charge in [0.1, 0.15) is 6.54 Å². The van der Waals surface area contributed by atoms with Gasteiger partial charge in [0, 0.05) is 25.7 Å². The second kappa shape index (κ2) is 6.04. The van der Waals surface area contributed by atoms with E-state index in [0.29, 0.717) is 18.0 Å². The lowest BCUT2D eigenvalue weighted by Crippen LogP contribution is -2.50. The molecule has 0 aliphatic carbocycles.